The molecule has 0 aliphatic rings. The number of hydrogen-bond acceptors (Lipinski definition) is 5. The topological polar surface area (TPSA) is 93.8 Å². The summed E-state index contributed by atoms with van der Waals surface area (Å²) in [6.45, 7) is 6.04. The Kier molecular flexibility index (Phi) is 7.29. The number of carbonyl (C=O) groups is 1. The normalized spacial score (nSPS) is 14.6. The third-order valence-electron chi connectivity index (χ3n) is 4.59. The van der Waals surface area contributed by atoms with Crippen molar-refractivity contribution < 1.29 is 19.4 Å². The Morgan fingerprint density at radius 1 is 1.14 bits per heavy atom. The van der Waals surface area contributed by atoms with Crippen molar-refractivity contribution in [3.8, 4) is 5.75 Å². The first-order valence-corrected chi connectivity index (χ1v) is 9.29. The van der Waals surface area contributed by atoms with Gasteiger partial charge in [0, 0.05) is 18.2 Å². The number of nitrogens with two attached hydrogens (primary N) is 1. The average Bonchev–Trinajstić information content (AvgIpc) is 2.65. The van der Waals surface area contributed by atoms with Gasteiger partial charge in [0.15, 0.2) is 0 Å². The van der Waals surface area contributed by atoms with Gasteiger partial charge < -0.3 is 25.6 Å². The molecular weight excluding hydrogens is 356 g/mol. The number of methoxy groups -OCH3 is 1. The molecule has 3 atom stereocenters. The van der Waals surface area contributed by atoms with Crippen LogP contribution in [-0.2, 0) is 11.2 Å². The van der Waals surface area contributed by atoms with Crippen LogP contribution in [0.4, 0.5) is 10.5 Å². The number of aliphatic hydroxyl groups excluding tert-OH is 1. The number of carbonyl (C=O) groups excluding carboxylic acids is 1. The van der Waals surface area contributed by atoms with Crippen molar-refractivity contribution in [3.63, 3.8) is 0 Å². The molecule has 152 valence electrons. The van der Waals surface area contributed by atoms with E-state index >= 15 is 0 Å². The lowest BCUT2D eigenvalue weighted by molar-refractivity contribution is -0.0204. The van der Waals surface area contributed by atoms with Gasteiger partial charge in [-0.05, 0) is 23.1 Å². The molecule has 0 bridgehead atoms. The number of aliphatic hydroxyl groups is 1. The van der Waals surface area contributed by atoms with Crippen molar-refractivity contribution in [2.45, 2.75) is 45.4 Å². The fourth-order valence-electron chi connectivity index (χ4n) is 3.15. The largest absolute Gasteiger partial charge is 0.497 e. The fraction of sp³-hybridized carbons (Fsp3) is 0.409. The Balaban J connectivity index is 2.28. The first kappa shape index (κ1) is 21.6. The summed E-state index contributed by atoms with van der Waals surface area (Å²) in [6.07, 6.45) is -2.33. The second-order valence-corrected chi connectivity index (χ2v) is 7.88. The van der Waals surface area contributed by atoms with Gasteiger partial charge in [0.25, 0.3) is 0 Å². The highest BCUT2D eigenvalue weighted by Crippen LogP contribution is 2.30. The second-order valence-electron chi connectivity index (χ2n) is 7.88. The highest BCUT2D eigenvalue weighted by Gasteiger charge is 2.37. The van der Waals surface area contributed by atoms with E-state index in [1.165, 1.54) is 0 Å². The second kappa shape index (κ2) is 9.46. The number of anilines is 1. The molecule has 2 rings (SSSR count). The maximum absolute atomic E-state index is 11.5. The summed E-state index contributed by atoms with van der Waals surface area (Å²) in [6, 6.07) is 16.6. The Hall–Kier alpha value is -2.73. The van der Waals surface area contributed by atoms with E-state index in [4.69, 9.17) is 15.2 Å². The van der Waals surface area contributed by atoms with Gasteiger partial charge >= 0.3 is 6.09 Å². The molecule has 0 heterocycles. The highest BCUT2D eigenvalue weighted by atomic mass is 16.6. The molecule has 0 radical (unpaired) electrons. The van der Waals surface area contributed by atoms with Crippen LogP contribution in [0, 0.1) is 5.41 Å². The number of ether oxygens (including phenoxy) is 2. The first-order valence-electron chi connectivity index (χ1n) is 9.29. The van der Waals surface area contributed by atoms with Gasteiger partial charge in [0.1, 0.15) is 18.0 Å². The van der Waals surface area contributed by atoms with Gasteiger partial charge in [-0.1, -0.05) is 57.2 Å². The van der Waals surface area contributed by atoms with E-state index in [2.05, 4.69) is 5.32 Å². The van der Waals surface area contributed by atoms with E-state index < -0.39 is 24.3 Å². The predicted octanol–water partition coefficient (Wildman–Crippen LogP) is 3.59. The SMILES string of the molecule is COc1cccc(NC([C@@H](O)[C@H](Cc2ccccc2)OC(N)=O)C(C)(C)C)c1. The molecule has 0 fully saturated rings. The van der Waals surface area contributed by atoms with Crippen LogP contribution in [0.3, 0.4) is 0 Å². The lowest BCUT2D eigenvalue weighted by Gasteiger charge is -2.38. The number of primary amides is 1. The molecule has 1 amide bonds. The third-order valence-corrected chi connectivity index (χ3v) is 4.59. The number of benzene rings is 2. The van der Waals surface area contributed by atoms with Gasteiger partial charge in [0.2, 0.25) is 0 Å². The van der Waals surface area contributed by atoms with Gasteiger partial charge in [0.05, 0.1) is 13.2 Å². The summed E-state index contributed by atoms with van der Waals surface area (Å²) >= 11 is 0. The summed E-state index contributed by atoms with van der Waals surface area (Å²) in [7, 11) is 1.60. The van der Waals surface area contributed by atoms with E-state index in [0.29, 0.717) is 12.2 Å². The summed E-state index contributed by atoms with van der Waals surface area (Å²) in [5.74, 6) is 0.710. The predicted molar refractivity (Wildman–Crippen MR) is 110 cm³/mol. The molecule has 0 spiro atoms. The number of nitrogens with one attached hydrogen (secondary N) is 1. The molecule has 1 unspecified atom stereocenters. The maximum Gasteiger partial charge on any atom is 0.404 e. The highest BCUT2D eigenvalue weighted by molar-refractivity contribution is 5.65. The number of hydrogen-bond donors (Lipinski definition) is 3. The fourth-order valence-corrected chi connectivity index (χ4v) is 3.15. The molecule has 2 aromatic rings. The Morgan fingerprint density at radius 2 is 1.82 bits per heavy atom. The van der Waals surface area contributed by atoms with Crippen LogP contribution in [0.2, 0.25) is 0 Å². The Morgan fingerprint density at radius 3 is 2.39 bits per heavy atom. The number of amides is 1. The van der Waals surface area contributed by atoms with Gasteiger partial charge in [-0.25, -0.2) is 4.79 Å². The van der Waals surface area contributed by atoms with Crippen molar-refractivity contribution in [3.05, 3.63) is 60.2 Å². The molecule has 0 saturated heterocycles. The summed E-state index contributed by atoms with van der Waals surface area (Å²) in [4.78, 5) is 11.5. The van der Waals surface area contributed by atoms with Crippen molar-refractivity contribution >= 4 is 11.8 Å². The zero-order valence-corrected chi connectivity index (χ0v) is 16.9. The Bertz CT molecular complexity index is 759. The van der Waals surface area contributed by atoms with E-state index in [0.717, 1.165) is 11.3 Å². The summed E-state index contributed by atoms with van der Waals surface area (Å²) in [5.41, 5.74) is 6.69. The smallest absolute Gasteiger partial charge is 0.404 e. The summed E-state index contributed by atoms with van der Waals surface area (Å²) < 4.78 is 10.6. The van der Waals surface area contributed by atoms with Crippen molar-refractivity contribution in [1.82, 2.24) is 0 Å². The zero-order chi connectivity index (χ0) is 20.7. The molecule has 6 heteroatoms. The molecule has 0 aromatic heterocycles. The molecule has 0 aliphatic carbocycles. The van der Waals surface area contributed by atoms with E-state index in [9.17, 15) is 9.90 Å². The maximum atomic E-state index is 11.5. The minimum Gasteiger partial charge on any atom is -0.497 e. The van der Waals surface area contributed by atoms with Crippen LogP contribution in [0.1, 0.15) is 26.3 Å². The van der Waals surface area contributed by atoms with Crippen molar-refractivity contribution in [1.29, 1.82) is 0 Å². The summed E-state index contributed by atoms with van der Waals surface area (Å²) in [5, 5.41) is 14.5. The van der Waals surface area contributed by atoms with Crippen LogP contribution >= 0.6 is 0 Å². The van der Waals surface area contributed by atoms with E-state index in [1.807, 2.05) is 75.4 Å². The molecule has 0 aliphatic heterocycles. The molecule has 28 heavy (non-hydrogen) atoms. The van der Waals surface area contributed by atoms with Gasteiger partial charge in [-0.3, -0.25) is 0 Å². The van der Waals surface area contributed by atoms with Crippen LogP contribution < -0.4 is 15.8 Å². The first-order chi connectivity index (χ1) is 13.2. The molecular formula is C22H30N2O4. The average molecular weight is 386 g/mol. The minimum atomic E-state index is -0.987. The Labute approximate surface area is 166 Å². The zero-order valence-electron chi connectivity index (χ0n) is 16.9. The van der Waals surface area contributed by atoms with Crippen molar-refractivity contribution in [2.75, 3.05) is 12.4 Å². The lowest BCUT2D eigenvalue weighted by Crippen LogP contribution is -2.51. The molecule has 4 N–H and O–H groups in total. The van der Waals surface area contributed by atoms with E-state index in [1.54, 1.807) is 7.11 Å². The molecule has 6 nitrogen and oxygen atoms in total. The molecule has 0 saturated carbocycles. The monoisotopic (exact) mass is 386 g/mol. The minimum absolute atomic E-state index is 0.335. The van der Waals surface area contributed by atoms with Gasteiger partial charge in [-0.15, -0.1) is 0 Å². The van der Waals surface area contributed by atoms with Crippen LogP contribution in [0.15, 0.2) is 54.6 Å². The lowest BCUT2D eigenvalue weighted by atomic mass is 9.80. The van der Waals surface area contributed by atoms with Gasteiger partial charge in [-0.2, -0.15) is 0 Å². The number of rotatable bonds is 8. The van der Waals surface area contributed by atoms with Crippen LogP contribution in [0.25, 0.3) is 0 Å². The standard InChI is InChI=1S/C22H30N2O4/c1-22(2,3)20(24-16-11-8-12-17(14-16)27-4)19(25)18(28-21(23)26)13-15-9-6-5-7-10-15/h5-12,14,18-20,24-25H,13H2,1-4H3,(H2,23,26)/t18-,19-,20?/m0/s1. The van der Waals surface area contributed by atoms with Crippen molar-refractivity contribution in [2.24, 2.45) is 11.1 Å². The third kappa shape index (κ3) is 6.16. The molecule has 2 aromatic carbocycles. The quantitative estimate of drug-likeness (QED) is 0.645. The van der Waals surface area contributed by atoms with Crippen LogP contribution in [0.5, 0.6) is 5.75 Å². The van der Waals surface area contributed by atoms with Crippen LogP contribution in [-0.4, -0.2) is 36.6 Å². The van der Waals surface area contributed by atoms with E-state index in [-0.39, 0.29) is 5.41 Å².